The highest BCUT2D eigenvalue weighted by atomic mass is 32.2. The second-order valence-corrected chi connectivity index (χ2v) is 8.83. The van der Waals surface area contributed by atoms with E-state index in [9.17, 15) is 8.42 Å². The number of ether oxygens (including phenoxy) is 1. The zero-order chi connectivity index (χ0) is 19.4. The van der Waals surface area contributed by atoms with E-state index in [-0.39, 0.29) is 4.90 Å². The molecule has 1 saturated heterocycles. The lowest BCUT2D eigenvalue weighted by atomic mass is 10.1. The highest BCUT2D eigenvalue weighted by molar-refractivity contribution is 7.89. The standard InChI is InChI=1S/C21H28N2O3S/c1-16-14-20(26-3)21(15-17(16)2)27(24,25)22-11-10-18-6-8-19(9-7-18)23-12-4-5-13-23/h6-9,14-15,22H,4-5,10-13H2,1-3H3. The summed E-state index contributed by atoms with van der Waals surface area (Å²) >= 11 is 0. The lowest BCUT2D eigenvalue weighted by Gasteiger charge is -2.17. The minimum atomic E-state index is -3.62. The smallest absolute Gasteiger partial charge is 0.244 e. The summed E-state index contributed by atoms with van der Waals surface area (Å²) in [5.41, 5.74) is 4.29. The first-order valence-corrected chi connectivity index (χ1v) is 10.9. The summed E-state index contributed by atoms with van der Waals surface area (Å²) in [6, 6.07) is 11.8. The largest absolute Gasteiger partial charge is 0.495 e. The van der Waals surface area contributed by atoms with Gasteiger partial charge in [0, 0.05) is 25.3 Å². The van der Waals surface area contributed by atoms with Crippen LogP contribution in [-0.2, 0) is 16.4 Å². The van der Waals surface area contributed by atoms with Crippen molar-refractivity contribution in [1.82, 2.24) is 4.72 Å². The predicted molar refractivity (Wildman–Crippen MR) is 109 cm³/mol. The zero-order valence-electron chi connectivity index (χ0n) is 16.3. The summed E-state index contributed by atoms with van der Waals surface area (Å²) in [6.07, 6.45) is 3.16. The lowest BCUT2D eigenvalue weighted by Crippen LogP contribution is -2.26. The third-order valence-electron chi connectivity index (χ3n) is 5.18. The molecule has 1 aliphatic heterocycles. The first-order chi connectivity index (χ1) is 12.9. The molecule has 1 N–H and O–H groups in total. The van der Waals surface area contributed by atoms with Crippen LogP contribution in [0.25, 0.3) is 0 Å². The van der Waals surface area contributed by atoms with Gasteiger partial charge in [0.1, 0.15) is 10.6 Å². The summed E-state index contributed by atoms with van der Waals surface area (Å²) in [5.74, 6) is 0.376. The normalized spacial score (nSPS) is 14.6. The highest BCUT2D eigenvalue weighted by Gasteiger charge is 2.20. The topological polar surface area (TPSA) is 58.6 Å². The number of rotatable bonds is 7. The second kappa shape index (κ2) is 8.31. The van der Waals surface area contributed by atoms with Crippen molar-refractivity contribution in [2.45, 2.75) is 38.0 Å². The Morgan fingerprint density at radius 2 is 1.67 bits per heavy atom. The number of aryl methyl sites for hydroxylation is 2. The van der Waals surface area contributed by atoms with Gasteiger partial charge in [0.05, 0.1) is 7.11 Å². The summed E-state index contributed by atoms with van der Waals surface area (Å²) in [7, 11) is -2.13. The van der Waals surface area contributed by atoms with Gasteiger partial charge in [0.2, 0.25) is 10.0 Å². The van der Waals surface area contributed by atoms with Crippen molar-refractivity contribution >= 4 is 15.7 Å². The van der Waals surface area contributed by atoms with Gasteiger partial charge in [0.15, 0.2) is 0 Å². The van der Waals surface area contributed by atoms with Gasteiger partial charge in [0.25, 0.3) is 0 Å². The Kier molecular flexibility index (Phi) is 6.07. The van der Waals surface area contributed by atoms with E-state index in [4.69, 9.17) is 4.74 Å². The van der Waals surface area contributed by atoms with Gasteiger partial charge in [-0.25, -0.2) is 13.1 Å². The Morgan fingerprint density at radius 1 is 1.04 bits per heavy atom. The number of sulfonamides is 1. The second-order valence-electron chi connectivity index (χ2n) is 7.10. The summed E-state index contributed by atoms with van der Waals surface area (Å²) in [5, 5.41) is 0. The summed E-state index contributed by atoms with van der Waals surface area (Å²) in [4.78, 5) is 2.58. The van der Waals surface area contributed by atoms with E-state index in [1.165, 1.54) is 25.6 Å². The maximum Gasteiger partial charge on any atom is 0.244 e. The van der Waals surface area contributed by atoms with E-state index in [0.29, 0.717) is 18.7 Å². The molecule has 0 radical (unpaired) electrons. The van der Waals surface area contributed by atoms with Crippen LogP contribution in [-0.4, -0.2) is 35.2 Å². The molecule has 0 atom stereocenters. The van der Waals surface area contributed by atoms with Crippen molar-refractivity contribution in [2.75, 3.05) is 31.6 Å². The van der Waals surface area contributed by atoms with Crippen LogP contribution in [0.1, 0.15) is 29.5 Å². The third-order valence-corrected chi connectivity index (χ3v) is 6.67. The maximum absolute atomic E-state index is 12.7. The van der Waals surface area contributed by atoms with Crippen molar-refractivity contribution in [3.8, 4) is 5.75 Å². The molecule has 0 bridgehead atoms. The van der Waals surface area contributed by atoms with Crippen molar-refractivity contribution in [3.05, 3.63) is 53.1 Å². The Balaban J connectivity index is 1.63. The molecule has 2 aromatic carbocycles. The minimum absolute atomic E-state index is 0.192. The fourth-order valence-corrected chi connectivity index (χ4v) is 4.65. The quantitative estimate of drug-likeness (QED) is 0.789. The number of benzene rings is 2. The molecule has 27 heavy (non-hydrogen) atoms. The molecule has 3 rings (SSSR count). The van der Waals surface area contributed by atoms with Crippen LogP contribution in [0.3, 0.4) is 0 Å². The number of nitrogens with one attached hydrogen (secondary N) is 1. The molecule has 2 aromatic rings. The van der Waals surface area contributed by atoms with Gasteiger partial charge in [-0.1, -0.05) is 12.1 Å². The van der Waals surface area contributed by atoms with E-state index in [2.05, 4.69) is 33.9 Å². The highest BCUT2D eigenvalue weighted by Crippen LogP contribution is 2.27. The molecule has 1 heterocycles. The average molecular weight is 389 g/mol. The number of nitrogens with zero attached hydrogens (tertiary/aromatic N) is 1. The zero-order valence-corrected chi connectivity index (χ0v) is 17.1. The van der Waals surface area contributed by atoms with Crippen LogP contribution >= 0.6 is 0 Å². The van der Waals surface area contributed by atoms with Crippen molar-refractivity contribution in [2.24, 2.45) is 0 Å². The molecule has 0 unspecified atom stereocenters. The van der Waals surface area contributed by atoms with Crippen molar-refractivity contribution in [3.63, 3.8) is 0 Å². The molecule has 5 nitrogen and oxygen atoms in total. The van der Waals surface area contributed by atoms with Crippen LogP contribution in [0.5, 0.6) is 5.75 Å². The van der Waals surface area contributed by atoms with Crippen LogP contribution in [0, 0.1) is 13.8 Å². The van der Waals surface area contributed by atoms with Gasteiger partial charge in [-0.3, -0.25) is 0 Å². The minimum Gasteiger partial charge on any atom is -0.495 e. The first-order valence-electron chi connectivity index (χ1n) is 9.39. The Hall–Kier alpha value is -2.05. The van der Waals surface area contributed by atoms with Gasteiger partial charge in [-0.15, -0.1) is 0 Å². The Labute approximate surface area is 162 Å². The van der Waals surface area contributed by atoms with Crippen LogP contribution in [0.4, 0.5) is 5.69 Å². The van der Waals surface area contributed by atoms with Crippen LogP contribution in [0.2, 0.25) is 0 Å². The molecular weight excluding hydrogens is 360 g/mol. The fraction of sp³-hybridized carbons (Fsp3) is 0.429. The molecule has 1 aliphatic rings. The molecule has 0 aromatic heterocycles. The Bertz CT molecular complexity index is 886. The van der Waals surface area contributed by atoms with Crippen molar-refractivity contribution < 1.29 is 13.2 Å². The number of anilines is 1. The monoisotopic (exact) mass is 388 g/mol. The number of hydrogen-bond donors (Lipinski definition) is 1. The molecule has 0 aliphatic carbocycles. The van der Waals surface area contributed by atoms with Gasteiger partial charge >= 0.3 is 0 Å². The summed E-state index contributed by atoms with van der Waals surface area (Å²) < 4.78 is 33.4. The maximum atomic E-state index is 12.7. The van der Waals surface area contributed by atoms with E-state index in [1.807, 2.05) is 13.8 Å². The molecule has 0 spiro atoms. The van der Waals surface area contributed by atoms with E-state index in [0.717, 1.165) is 29.8 Å². The molecular formula is C21H28N2O3S. The fourth-order valence-electron chi connectivity index (χ4n) is 3.39. The lowest BCUT2D eigenvalue weighted by molar-refractivity contribution is 0.402. The van der Waals surface area contributed by atoms with Crippen LogP contribution in [0.15, 0.2) is 41.3 Å². The SMILES string of the molecule is COc1cc(C)c(C)cc1S(=O)(=O)NCCc1ccc(N2CCCC2)cc1. The van der Waals surface area contributed by atoms with E-state index < -0.39 is 10.0 Å². The molecule has 1 fully saturated rings. The molecule has 146 valence electrons. The number of methoxy groups -OCH3 is 1. The van der Waals surface area contributed by atoms with Crippen molar-refractivity contribution in [1.29, 1.82) is 0 Å². The molecule has 0 saturated carbocycles. The third kappa shape index (κ3) is 4.62. The van der Waals surface area contributed by atoms with Gasteiger partial charge < -0.3 is 9.64 Å². The van der Waals surface area contributed by atoms with E-state index >= 15 is 0 Å². The predicted octanol–water partition coefficient (Wildman–Crippen LogP) is 3.43. The molecule has 6 heteroatoms. The van der Waals surface area contributed by atoms with Gasteiger partial charge in [-0.2, -0.15) is 0 Å². The van der Waals surface area contributed by atoms with E-state index in [1.54, 1.807) is 12.1 Å². The number of hydrogen-bond acceptors (Lipinski definition) is 4. The Morgan fingerprint density at radius 3 is 2.30 bits per heavy atom. The van der Waals surface area contributed by atoms with Crippen LogP contribution < -0.4 is 14.4 Å². The van der Waals surface area contributed by atoms with Gasteiger partial charge in [-0.05, 0) is 74.1 Å². The average Bonchev–Trinajstić information content (AvgIpc) is 3.18. The molecule has 0 amide bonds. The first kappa shape index (κ1) is 19.7. The summed E-state index contributed by atoms with van der Waals surface area (Å²) in [6.45, 7) is 6.43.